The van der Waals surface area contributed by atoms with Crippen LogP contribution in [0.25, 0.3) is 0 Å². The Hall–Kier alpha value is -2.16. The zero-order chi connectivity index (χ0) is 17.4. The first-order valence-electron chi connectivity index (χ1n) is 7.25. The highest BCUT2D eigenvalue weighted by molar-refractivity contribution is 7.13. The van der Waals surface area contributed by atoms with Crippen LogP contribution in [-0.2, 0) is 9.53 Å². The Labute approximate surface area is 138 Å². The molecule has 2 amide bonds. The lowest BCUT2D eigenvalue weighted by molar-refractivity contribution is -0.137. The number of aliphatic carboxylic acids is 1. The Balaban J connectivity index is 2.52. The normalized spacial score (nSPS) is 11.6. The summed E-state index contributed by atoms with van der Waals surface area (Å²) in [5, 5.41) is 14.4. The molecule has 23 heavy (non-hydrogen) atoms. The number of carboxylic acids is 1. The zero-order valence-corrected chi connectivity index (χ0v) is 14.2. The van der Waals surface area contributed by atoms with Crippen molar-refractivity contribution in [3.05, 3.63) is 15.6 Å². The number of carbonyl (C=O) groups is 3. The van der Waals surface area contributed by atoms with Gasteiger partial charge in [-0.1, -0.05) is 0 Å². The first-order valence-corrected chi connectivity index (χ1v) is 8.07. The van der Waals surface area contributed by atoms with Crippen molar-refractivity contribution < 1.29 is 24.2 Å². The number of esters is 1. The van der Waals surface area contributed by atoms with E-state index in [-0.39, 0.29) is 25.6 Å². The van der Waals surface area contributed by atoms with Gasteiger partial charge in [-0.2, -0.15) is 0 Å². The van der Waals surface area contributed by atoms with E-state index in [0.29, 0.717) is 22.0 Å². The fraction of sp³-hybridized carbons (Fsp3) is 0.571. The molecule has 0 saturated heterocycles. The van der Waals surface area contributed by atoms with Crippen molar-refractivity contribution in [2.75, 3.05) is 13.2 Å². The van der Waals surface area contributed by atoms with E-state index in [1.54, 1.807) is 20.8 Å². The Morgan fingerprint density at radius 3 is 2.70 bits per heavy atom. The van der Waals surface area contributed by atoms with Gasteiger partial charge in [0.1, 0.15) is 9.88 Å². The topological polar surface area (TPSA) is 118 Å². The molecule has 0 spiro atoms. The Kier molecular flexibility index (Phi) is 7.46. The van der Waals surface area contributed by atoms with Gasteiger partial charge in [-0.05, 0) is 27.2 Å². The number of urea groups is 1. The summed E-state index contributed by atoms with van der Waals surface area (Å²) in [6, 6.07) is -0.783. The van der Waals surface area contributed by atoms with Crippen LogP contribution >= 0.6 is 11.3 Å². The van der Waals surface area contributed by atoms with Crippen molar-refractivity contribution >= 4 is 29.3 Å². The van der Waals surface area contributed by atoms with Gasteiger partial charge in [0, 0.05) is 13.0 Å². The summed E-state index contributed by atoms with van der Waals surface area (Å²) in [6.07, 6.45) is 0.366. The molecule has 0 aliphatic carbocycles. The largest absolute Gasteiger partial charge is 0.481 e. The van der Waals surface area contributed by atoms with Crippen LogP contribution in [-0.4, -0.2) is 41.2 Å². The summed E-state index contributed by atoms with van der Waals surface area (Å²) in [4.78, 5) is 38.6. The number of hydrogen-bond donors (Lipinski definition) is 3. The maximum atomic E-state index is 11.8. The number of nitrogens with one attached hydrogen (secondary N) is 2. The maximum Gasteiger partial charge on any atom is 0.350 e. The quantitative estimate of drug-likeness (QED) is 0.490. The number of nitrogens with zero attached hydrogens (tertiary/aromatic N) is 1. The summed E-state index contributed by atoms with van der Waals surface area (Å²) < 4.78 is 4.95. The van der Waals surface area contributed by atoms with Crippen LogP contribution in [0.4, 0.5) is 4.79 Å². The summed E-state index contributed by atoms with van der Waals surface area (Å²) in [7, 11) is 0. The molecule has 1 unspecified atom stereocenters. The molecule has 9 heteroatoms. The molecule has 0 bridgehead atoms. The molecular weight excluding hydrogens is 322 g/mol. The molecular formula is C14H21N3O5S. The van der Waals surface area contributed by atoms with E-state index in [1.165, 1.54) is 11.3 Å². The third-order valence-corrected chi connectivity index (χ3v) is 4.17. The van der Waals surface area contributed by atoms with E-state index in [0.717, 1.165) is 0 Å². The highest BCUT2D eigenvalue weighted by Gasteiger charge is 2.20. The highest BCUT2D eigenvalue weighted by atomic mass is 32.1. The van der Waals surface area contributed by atoms with E-state index in [1.807, 2.05) is 0 Å². The number of aryl methyl sites for hydroxylation is 1. The summed E-state index contributed by atoms with van der Waals surface area (Å²) in [6.45, 7) is 5.76. The minimum absolute atomic E-state index is 0.00437. The molecule has 1 aromatic rings. The van der Waals surface area contributed by atoms with Gasteiger partial charge < -0.3 is 20.5 Å². The van der Waals surface area contributed by atoms with E-state index >= 15 is 0 Å². The number of ether oxygens (including phenoxy) is 1. The van der Waals surface area contributed by atoms with Crippen molar-refractivity contribution in [2.45, 2.75) is 39.7 Å². The minimum Gasteiger partial charge on any atom is -0.481 e. The smallest absolute Gasteiger partial charge is 0.350 e. The van der Waals surface area contributed by atoms with E-state index in [2.05, 4.69) is 15.6 Å². The average molecular weight is 343 g/mol. The number of thiazole rings is 1. The average Bonchev–Trinajstić information content (AvgIpc) is 2.86. The Bertz CT molecular complexity index is 573. The van der Waals surface area contributed by atoms with Crippen LogP contribution in [0.15, 0.2) is 0 Å². The number of rotatable bonds is 8. The molecule has 0 aliphatic heterocycles. The predicted molar refractivity (Wildman–Crippen MR) is 84.6 cm³/mol. The van der Waals surface area contributed by atoms with Crippen LogP contribution < -0.4 is 10.6 Å². The second-order valence-corrected chi connectivity index (χ2v) is 5.84. The second-order valence-electron chi connectivity index (χ2n) is 4.81. The number of amides is 2. The second kappa shape index (κ2) is 9.09. The number of carbonyl (C=O) groups excluding carboxylic acids is 2. The monoisotopic (exact) mass is 343 g/mol. The van der Waals surface area contributed by atoms with Crippen molar-refractivity contribution in [1.82, 2.24) is 15.6 Å². The lowest BCUT2D eigenvalue weighted by Crippen LogP contribution is -2.37. The van der Waals surface area contributed by atoms with E-state index in [4.69, 9.17) is 9.84 Å². The molecule has 1 atom stereocenters. The fourth-order valence-electron chi connectivity index (χ4n) is 1.74. The van der Waals surface area contributed by atoms with Crippen molar-refractivity contribution in [2.24, 2.45) is 0 Å². The molecule has 128 valence electrons. The molecule has 3 N–H and O–H groups in total. The van der Waals surface area contributed by atoms with Gasteiger partial charge in [-0.25, -0.2) is 14.6 Å². The first kappa shape index (κ1) is 18.9. The molecule has 1 aromatic heterocycles. The van der Waals surface area contributed by atoms with Crippen LogP contribution in [0.1, 0.15) is 53.1 Å². The molecule has 1 heterocycles. The van der Waals surface area contributed by atoms with E-state index < -0.39 is 18.0 Å². The van der Waals surface area contributed by atoms with Gasteiger partial charge in [-0.15, -0.1) is 11.3 Å². The van der Waals surface area contributed by atoms with Crippen LogP contribution in [0.3, 0.4) is 0 Å². The lowest BCUT2D eigenvalue weighted by Gasteiger charge is -2.12. The molecule has 0 fully saturated rings. The summed E-state index contributed by atoms with van der Waals surface area (Å²) in [5.41, 5.74) is 0.568. The Morgan fingerprint density at radius 2 is 2.09 bits per heavy atom. The molecule has 0 saturated carbocycles. The SMILES string of the molecule is CCOC(=O)c1sc(C(C)NC(=O)NCCCC(=O)O)nc1C. The molecule has 8 nitrogen and oxygen atoms in total. The van der Waals surface area contributed by atoms with Gasteiger partial charge in [0.25, 0.3) is 0 Å². The third-order valence-electron chi connectivity index (χ3n) is 2.84. The number of aromatic nitrogens is 1. The summed E-state index contributed by atoms with van der Waals surface area (Å²) in [5.74, 6) is -1.32. The molecule has 0 aliphatic rings. The van der Waals surface area contributed by atoms with E-state index in [9.17, 15) is 14.4 Å². The van der Waals surface area contributed by atoms with Gasteiger partial charge in [0.05, 0.1) is 18.3 Å². The standard InChI is InChI=1S/C14H21N3O5S/c1-4-22-13(20)11-8(2)16-12(23-11)9(3)17-14(21)15-7-5-6-10(18)19/h9H,4-7H2,1-3H3,(H,18,19)(H2,15,17,21). The predicted octanol–water partition coefficient (Wildman–Crippen LogP) is 1.85. The van der Waals surface area contributed by atoms with Gasteiger partial charge >= 0.3 is 18.0 Å². The zero-order valence-electron chi connectivity index (χ0n) is 13.3. The highest BCUT2D eigenvalue weighted by Crippen LogP contribution is 2.24. The fourth-order valence-corrected chi connectivity index (χ4v) is 2.70. The number of carboxylic acid groups (broad SMARTS) is 1. The van der Waals surface area contributed by atoms with Gasteiger partial charge in [0.15, 0.2) is 0 Å². The van der Waals surface area contributed by atoms with Crippen molar-refractivity contribution in [1.29, 1.82) is 0 Å². The minimum atomic E-state index is -0.898. The van der Waals surface area contributed by atoms with Crippen LogP contribution in [0.5, 0.6) is 0 Å². The van der Waals surface area contributed by atoms with Crippen molar-refractivity contribution in [3.8, 4) is 0 Å². The van der Waals surface area contributed by atoms with Crippen LogP contribution in [0, 0.1) is 6.92 Å². The number of hydrogen-bond acceptors (Lipinski definition) is 6. The molecule has 0 radical (unpaired) electrons. The van der Waals surface area contributed by atoms with Crippen molar-refractivity contribution in [3.63, 3.8) is 0 Å². The first-order chi connectivity index (χ1) is 10.8. The molecule has 0 aromatic carbocycles. The third kappa shape index (κ3) is 6.23. The van der Waals surface area contributed by atoms with Crippen LogP contribution in [0.2, 0.25) is 0 Å². The lowest BCUT2D eigenvalue weighted by atomic mass is 10.3. The van der Waals surface area contributed by atoms with Gasteiger partial charge in [-0.3, -0.25) is 4.79 Å². The van der Waals surface area contributed by atoms with Gasteiger partial charge in [0.2, 0.25) is 0 Å². The maximum absolute atomic E-state index is 11.8. The molecule has 1 rings (SSSR count). The summed E-state index contributed by atoms with van der Waals surface area (Å²) >= 11 is 1.18. The Morgan fingerprint density at radius 1 is 1.39 bits per heavy atom.